The van der Waals surface area contributed by atoms with Crippen LogP contribution in [-0.4, -0.2) is 44.4 Å². The number of hydrogen-bond donors (Lipinski definition) is 0. The first kappa shape index (κ1) is 15.7. The van der Waals surface area contributed by atoms with Crippen molar-refractivity contribution in [2.45, 2.75) is 38.6 Å². The van der Waals surface area contributed by atoms with Gasteiger partial charge in [0, 0.05) is 19.1 Å². The van der Waals surface area contributed by atoms with Crippen LogP contribution in [0.3, 0.4) is 0 Å². The maximum atomic E-state index is 6.03. The van der Waals surface area contributed by atoms with E-state index in [1.807, 2.05) is 6.07 Å². The number of likely N-dealkylation sites (tertiary alicyclic amines) is 1. The molecule has 3 heterocycles. The minimum Gasteiger partial charge on any atom is -0.468 e. The lowest BCUT2D eigenvalue weighted by atomic mass is 9.66. The zero-order chi connectivity index (χ0) is 15.5. The van der Waals surface area contributed by atoms with Crippen molar-refractivity contribution < 1.29 is 13.9 Å². The second kappa shape index (κ2) is 6.96. The van der Waals surface area contributed by atoms with Crippen molar-refractivity contribution in [2.24, 2.45) is 17.3 Å². The molecule has 128 valence electrons. The van der Waals surface area contributed by atoms with Gasteiger partial charge in [-0.15, -0.1) is 0 Å². The Labute approximate surface area is 139 Å². The molecular weight excluding hydrogens is 290 g/mol. The van der Waals surface area contributed by atoms with E-state index < -0.39 is 0 Å². The van der Waals surface area contributed by atoms with Crippen LogP contribution in [0.1, 0.15) is 37.9 Å². The Morgan fingerprint density at radius 1 is 1.17 bits per heavy atom. The van der Waals surface area contributed by atoms with E-state index in [0.29, 0.717) is 11.3 Å². The van der Waals surface area contributed by atoms with Crippen LogP contribution >= 0.6 is 0 Å². The quantitative estimate of drug-likeness (QED) is 0.805. The number of rotatable bonds is 6. The number of ether oxygens (including phenoxy) is 2. The average molecular weight is 319 g/mol. The van der Waals surface area contributed by atoms with E-state index in [1.54, 1.807) is 6.26 Å². The van der Waals surface area contributed by atoms with Gasteiger partial charge in [-0.25, -0.2) is 0 Å². The van der Waals surface area contributed by atoms with Gasteiger partial charge in [0.25, 0.3) is 0 Å². The first-order valence-corrected chi connectivity index (χ1v) is 9.24. The van der Waals surface area contributed by atoms with Gasteiger partial charge in [-0.05, 0) is 68.7 Å². The molecule has 2 aliphatic heterocycles. The Morgan fingerprint density at radius 3 is 2.78 bits per heavy atom. The van der Waals surface area contributed by atoms with Gasteiger partial charge >= 0.3 is 0 Å². The molecule has 1 aliphatic carbocycles. The molecule has 1 saturated carbocycles. The van der Waals surface area contributed by atoms with Gasteiger partial charge in [0.05, 0.1) is 26.0 Å². The van der Waals surface area contributed by atoms with E-state index in [0.717, 1.165) is 44.7 Å². The Kier molecular flexibility index (Phi) is 4.74. The van der Waals surface area contributed by atoms with E-state index in [9.17, 15) is 0 Å². The fourth-order valence-corrected chi connectivity index (χ4v) is 4.21. The molecule has 4 rings (SSSR count). The van der Waals surface area contributed by atoms with E-state index in [1.165, 1.54) is 45.2 Å². The summed E-state index contributed by atoms with van der Waals surface area (Å²) in [5.74, 6) is 2.52. The van der Waals surface area contributed by atoms with Gasteiger partial charge in [0.1, 0.15) is 5.76 Å². The van der Waals surface area contributed by atoms with Crippen LogP contribution in [-0.2, 0) is 16.0 Å². The molecule has 0 aromatic carbocycles. The highest BCUT2D eigenvalue weighted by atomic mass is 16.5. The molecule has 4 heteroatoms. The van der Waals surface area contributed by atoms with Crippen LogP contribution in [0.2, 0.25) is 0 Å². The lowest BCUT2D eigenvalue weighted by Crippen LogP contribution is -2.49. The third-order valence-corrected chi connectivity index (χ3v) is 6.11. The van der Waals surface area contributed by atoms with Crippen molar-refractivity contribution in [3.05, 3.63) is 24.2 Å². The molecule has 1 aromatic heterocycles. The summed E-state index contributed by atoms with van der Waals surface area (Å²) < 4.78 is 17.3. The lowest BCUT2D eigenvalue weighted by molar-refractivity contribution is -0.102. The second-order valence-electron chi connectivity index (χ2n) is 7.72. The Balaban J connectivity index is 1.30. The minimum absolute atomic E-state index is 0.446. The van der Waals surface area contributed by atoms with Crippen molar-refractivity contribution in [2.75, 3.05) is 39.5 Å². The largest absolute Gasteiger partial charge is 0.468 e. The number of nitrogens with zero attached hydrogens (tertiary/aromatic N) is 1. The summed E-state index contributed by atoms with van der Waals surface area (Å²) >= 11 is 0. The molecule has 0 radical (unpaired) electrons. The molecule has 0 amide bonds. The summed E-state index contributed by atoms with van der Waals surface area (Å²) in [4.78, 5) is 2.53. The highest BCUT2D eigenvalue weighted by Gasteiger charge is 2.43. The van der Waals surface area contributed by atoms with Crippen molar-refractivity contribution in [3.8, 4) is 0 Å². The van der Waals surface area contributed by atoms with E-state index in [-0.39, 0.29) is 0 Å². The predicted octanol–water partition coefficient (Wildman–Crippen LogP) is 3.32. The highest BCUT2D eigenvalue weighted by molar-refractivity contribution is 5.00. The number of hydrogen-bond acceptors (Lipinski definition) is 4. The monoisotopic (exact) mass is 319 g/mol. The first-order valence-electron chi connectivity index (χ1n) is 9.24. The Hall–Kier alpha value is -0.840. The maximum Gasteiger partial charge on any atom is 0.117 e. The molecule has 4 nitrogen and oxygen atoms in total. The van der Waals surface area contributed by atoms with E-state index in [2.05, 4.69) is 11.0 Å². The molecule has 1 aromatic rings. The maximum absolute atomic E-state index is 6.03. The van der Waals surface area contributed by atoms with Gasteiger partial charge in [-0.3, -0.25) is 4.90 Å². The summed E-state index contributed by atoms with van der Waals surface area (Å²) in [5.41, 5.74) is 0.446. The molecular formula is C19H29NO3. The SMILES string of the molecule is c1coc(CN2CCC3(CCOC[C@@H]3COCC3CC3)CC2)c1. The Morgan fingerprint density at radius 2 is 2.04 bits per heavy atom. The third-order valence-electron chi connectivity index (χ3n) is 6.11. The van der Waals surface area contributed by atoms with E-state index >= 15 is 0 Å². The summed E-state index contributed by atoms with van der Waals surface area (Å²) in [6.07, 6.45) is 8.26. The smallest absolute Gasteiger partial charge is 0.117 e. The van der Waals surface area contributed by atoms with Gasteiger partial charge < -0.3 is 13.9 Å². The minimum atomic E-state index is 0.446. The normalized spacial score (nSPS) is 28.3. The van der Waals surface area contributed by atoms with Crippen molar-refractivity contribution in [3.63, 3.8) is 0 Å². The second-order valence-corrected chi connectivity index (χ2v) is 7.72. The van der Waals surface area contributed by atoms with Crippen LogP contribution < -0.4 is 0 Å². The van der Waals surface area contributed by atoms with Crippen LogP contribution in [0.5, 0.6) is 0 Å². The molecule has 2 saturated heterocycles. The molecule has 23 heavy (non-hydrogen) atoms. The molecule has 3 fully saturated rings. The first-order chi connectivity index (χ1) is 11.3. The predicted molar refractivity (Wildman–Crippen MR) is 88.1 cm³/mol. The zero-order valence-corrected chi connectivity index (χ0v) is 14.0. The lowest BCUT2D eigenvalue weighted by Gasteiger charge is -2.49. The van der Waals surface area contributed by atoms with Crippen LogP contribution in [0.15, 0.2) is 22.8 Å². The summed E-state index contributed by atoms with van der Waals surface area (Å²) in [6, 6.07) is 4.06. The standard InChI is InChI=1S/C19H29NO3/c1-2-18(23-10-1)12-20-8-5-19(6-9-20)7-11-21-14-17(19)15-22-13-16-3-4-16/h1-2,10,16-17H,3-9,11-15H2/t17-/m1/s1. The van der Waals surface area contributed by atoms with Gasteiger partial charge in [-0.1, -0.05) is 0 Å². The number of furan rings is 1. The van der Waals surface area contributed by atoms with Crippen LogP contribution in [0.25, 0.3) is 0 Å². The van der Waals surface area contributed by atoms with E-state index in [4.69, 9.17) is 13.9 Å². The number of piperidine rings is 1. The fraction of sp³-hybridized carbons (Fsp3) is 0.789. The van der Waals surface area contributed by atoms with Crippen molar-refractivity contribution in [1.82, 2.24) is 4.90 Å². The van der Waals surface area contributed by atoms with Crippen molar-refractivity contribution >= 4 is 0 Å². The average Bonchev–Trinajstić information content (AvgIpc) is 3.26. The molecule has 0 unspecified atom stereocenters. The topological polar surface area (TPSA) is 34.8 Å². The summed E-state index contributed by atoms with van der Waals surface area (Å²) in [7, 11) is 0. The molecule has 0 bridgehead atoms. The Bertz CT molecular complexity index is 475. The summed E-state index contributed by atoms with van der Waals surface area (Å²) in [5, 5.41) is 0. The van der Waals surface area contributed by atoms with Crippen molar-refractivity contribution in [1.29, 1.82) is 0 Å². The summed E-state index contributed by atoms with van der Waals surface area (Å²) in [6.45, 7) is 6.97. The molecule has 1 spiro atoms. The zero-order valence-electron chi connectivity index (χ0n) is 14.0. The van der Waals surface area contributed by atoms with Gasteiger partial charge in [0.15, 0.2) is 0 Å². The highest BCUT2D eigenvalue weighted by Crippen LogP contribution is 2.45. The molecule has 0 N–H and O–H groups in total. The van der Waals surface area contributed by atoms with Crippen LogP contribution in [0.4, 0.5) is 0 Å². The van der Waals surface area contributed by atoms with Gasteiger partial charge in [-0.2, -0.15) is 0 Å². The molecule has 3 aliphatic rings. The third kappa shape index (κ3) is 3.81. The van der Waals surface area contributed by atoms with Crippen LogP contribution in [0, 0.1) is 17.3 Å². The molecule has 1 atom stereocenters. The van der Waals surface area contributed by atoms with Gasteiger partial charge in [0.2, 0.25) is 0 Å². The fourth-order valence-electron chi connectivity index (χ4n) is 4.21.